The highest BCUT2D eigenvalue weighted by Gasteiger charge is 2.16. The zero-order valence-corrected chi connectivity index (χ0v) is 12.4. The highest BCUT2D eigenvalue weighted by Crippen LogP contribution is 2.12. The summed E-state index contributed by atoms with van der Waals surface area (Å²) >= 11 is 0. The van der Waals surface area contributed by atoms with Crippen LogP contribution in [-0.2, 0) is 11.3 Å². The van der Waals surface area contributed by atoms with Gasteiger partial charge >= 0.3 is 0 Å². The zero-order valence-electron chi connectivity index (χ0n) is 12.4. The van der Waals surface area contributed by atoms with E-state index in [0.29, 0.717) is 13.0 Å². The lowest BCUT2D eigenvalue weighted by molar-refractivity contribution is -0.116. The van der Waals surface area contributed by atoms with E-state index in [-0.39, 0.29) is 12.0 Å². The normalized spacial score (nSPS) is 16.9. The molecule has 0 aromatic heterocycles. The summed E-state index contributed by atoms with van der Waals surface area (Å²) in [5.74, 6) is 0.0428. The molecule has 116 valence electrons. The summed E-state index contributed by atoms with van der Waals surface area (Å²) < 4.78 is 0. The van der Waals surface area contributed by atoms with Gasteiger partial charge in [0.25, 0.3) is 0 Å². The molecule has 21 heavy (non-hydrogen) atoms. The molecule has 0 unspecified atom stereocenters. The number of aliphatic hydroxyl groups excluding tert-OH is 1. The second-order valence-corrected chi connectivity index (χ2v) is 5.63. The van der Waals surface area contributed by atoms with Crippen molar-refractivity contribution >= 4 is 11.6 Å². The molecule has 5 heteroatoms. The Balaban J connectivity index is 1.67. The molecule has 0 bridgehead atoms. The number of piperidine rings is 1. The van der Waals surface area contributed by atoms with Crippen LogP contribution in [0.2, 0.25) is 0 Å². The Morgan fingerprint density at radius 1 is 1.38 bits per heavy atom. The van der Waals surface area contributed by atoms with E-state index in [0.717, 1.165) is 50.1 Å². The molecule has 1 saturated heterocycles. The van der Waals surface area contributed by atoms with Crippen LogP contribution in [0, 0.1) is 0 Å². The number of carbonyl (C=O) groups is 1. The fraction of sp³-hybridized carbons (Fsp3) is 0.562. The van der Waals surface area contributed by atoms with Crippen LogP contribution in [-0.4, -0.2) is 41.7 Å². The number of nitrogens with one attached hydrogen (secondary N) is 1. The lowest BCUT2D eigenvalue weighted by Crippen LogP contribution is -2.36. The van der Waals surface area contributed by atoms with Crippen LogP contribution >= 0.6 is 0 Å². The number of aliphatic hydroxyl groups is 1. The van der Waals surface area contributed by atoms with Gasteiger partial charge in [0.1, 0.15) is 0 Å². The first-order chi connectivity index (χ1) is 10.2. The topological polar surface area (TPSA) is 78.6 Å². The molecule has 4 N–H and O–H groups in total. The summed E-state index contributed by atoms with van der Waals surface area (Å²) in [7, 11) is 0. The lowest BCUT2D eigenvalue weighted by Gasteiger charge is -2.29. The summed E-state index contributed by atoms with van der Waals surface area (Å²) in [4.78, 5) is 14.2. The van der Waals surface area contributed by atoms with Crippen molar-refractivity contribution in [3.63, 3.8) is 0 Å². The summed E-state index contributed by atoms with van der Waals surface area (Å²) in [5, 5.41) is 12.4. The Morgan fingerprint density at radius 2 is 2.14 bits per heavy atom. The number of amides is 1. The van der Waals surface area contributed by atoms with Crippen molar-refractivity contribution in [1.29, 1.82) is 0 Å². The van der Waals surface area contributed by atoms with E-state index in [1.54, 1.807) is 0 Å². The molecule has 1 fully saturated rings. The number of nitrogens with zero attached hydrogens (tertiary/aromatic N) is 1. The molecule has 5 nitrogen and oxygen atoms in total. The van der Waals surface area contributed by atoms with E-state index in [2.05, 4.69) is 10.2 Å². The zero-order chi connectivity index (χ0) is 15.1. The maximum atomic E-state index is 11.9. The third kappa shape index (κ3) is 5.46. The van der Waals surface area contributed by atoms with Crippen LogP contribution in [0.5, 0.6) is 0 Å². The number of hydrogen-bond donors (Lipinski definition) is 3. The quantitative estimate of drug-likeness (QED) is 0.738. The van der Waals surface area contributed by atoms with Gasteiger partial charge in [-0.25, -0.2) is 0 Å². The van der Waals surface area contributed by atoms with Gasteiger partial charge in [0.05, 0.1) is 6.10 Å². The van der Waals surface area contributed by atoms with Gasteiger partial charge in [-0.15, -0.1) is 0 Å². The van der Waals surface area contributed by atoms with Crippen molar-refractivity contribution in [2.45, 2.75) is 38.3 Å². The van der Waals surface area contributed by atoms with Gasteiger partial charge in [-0.05, 0) is 43.5 Å². The average Bonchev–Trinajstić information content (AvgIpc) is 2.49. The minimum Gasteiger partial charge on any atom is -0.393 e. The van der Waals surface area contributed by atoms with Crippen LogP contribution in [0.3, 0.4) is 0 Å². The maximum absolute atomic E-state index is 11.9. The highest BCUT2D eigenvalue weighted by atomic mass is 16.3. The van der Waals surface area contributed by atoms with Gasteiger partial charge in [-0.1, -0.05) is 12.1 Å². The fourth-order valence-electron chi connectivity index (χ4n) is 2.61. The van der Waals surface area contributed by atoms with Crippen molar-refractivity contribution in [3.8, 4) is 0 Å². The molecule has 0 saturated carbocycles. The Labute approximate surface area is 126 Å². The van der Waals surface area contributed by atoms with Gasteiger partial charge < -0.3 is 21.1 Å². The number of anilines is 1. The molecule has 0 aliphatic carbocycles. The summed E-state index contributed by atoms with van der Waals surface area (Å²) in [6.45, 7) is 3.26. The first-order valence-corrected chi connectivity index (χ1v) is 7.66. The molecule has 1 aliphatic rings. The number of benzene rings is 1. The standard InChI is InChI=1S/C16H25N3O2/c17-12-13-3-1-4-14(11-13)18-16(21)5-2-8-19-9-6-15(20)7-10-19/h1,3-4,11,15,20H,2,5-10,12,17H2,(H,18,21). The van der Waals surface area contributed by atoms with Gasteiger partial charge in [0.2, 0.25) is 5.91 Å². The molecule has 1 amide bonds. The first kappa shape index (κ1) is 15.9. The molecule has 0 radical (unpaired) electrons. The maximum Gasteiger partial charge on any atom is 0.224 e. The van der Waals surface area contributed by atoms with E-state index in [1.807, 2.05) is 24.3 Å². The molecule has 1 aromatic carbocycles. The monoisotopic (exact) mass is 291 g/mol. The smallest absolute Gasteiger partial charge is 0.224 e. The molecule has 1 heterocycles. The minimum absolute atomic E-state index is 0.0428. The van der Waals surface area contributed by atoms with Gasteiger partial charge in [-0.2, -0.15) is 0 Å². The Bertz CT molecular complexity index is 457. The van der Waals surface area contributed by atoms with Crippen molar-refractivity contribution in [2.24, 2.45) is 5.73 Å². The number of carbonyl (C=O) groups excluding carboxylic acids is 1. The summed E-state index contributed by atoms with van der Waals surface area (Å²) in [5.41, 5.74) is 7.41. The number of hydrogen-bond acceptors (Lipinski definition) is 4. The Kier molecular flexibility index (Phi) is 6.17. The molecule has 0 spiro atoms. The van der Waals surface area contributed by atoms with E-state index in [9.17, 15) is 9.90 Å². The van der Waals surface area contributed by atoms with Crippen molar-refractivity contribution in [3.05, 3.63) is 29.8 Å². The Hall–Kier alpha value is -1.43. The number of nitrogens with two attached hydrogens (primary N) is 1. The first-order valence-electron chi connectivity index (χ1n) is 7.66. The third-order valence-corrected chi connectivity index (χ3v) is 3.88. The average molecular weight is 291 g/mol. The van der Waals surface area contributed by atoms with Crippen LogP contribution in [0.15, 0.2) is 24.3 Å². The van der Waals surface area contributed by atoms with Crippen molar-refractivity contribution in [1.82, 2.24) is 4.90 Å². The fourth-order valence-corrected chi connectivity index (χ4v) is 2.61. The molecule has 0 atom stereocenters. The molecule has 1 aromatic rings. The van der Waals surface area contributed by atoms with Gasteiger partial charge in [0.15, 0.2) is 0 Å². The Morgan fingerprint density at radius 3 is 2.86 bits per heavy atom. The van der Waals surface area contributed by atoms with Gasteiger partial charge in [-0.3, -0.25) is 4.79 Å². The van der Waals surface area contributed by atoms with Crippen LogP contribution < -0.4 is 11.1 Å². The highest BCUT2D eigenvalue weighted by molar-refractivity contribution is 5.90. The lowest BCUT2D eigenvalue weighted by atomic mass is 10.1. The van der Waals surface area contributed by atoms with Crippen molar-refractivity contribution < 1.29 is 9.90 Å². The van der Waals surface area contributed by atoms with E-state index in [4.69, 9.17) is 5.73 Å². The largest absolute Gasteiger partial charge is 0.393 e. The minimum atomic E-state index is -0.139. The van der Waals surface area contributed by atoms with Crippen LogP contribution in [0.4, 0.5) is 5.69 Å². The van der Waals surface area contributed by atoms with Crippen molar-refractivity contribution in [2.75, 3.05) is 25.0 Å². The molecule has 2 rings (SSSR count). The number of rotatable bonds is 6. The third-order valence-electron chi connectivity index (χ3n) is 3.88. The SMILES string of the molecule is NCc1cccc(NC(=O)CCCN2CCC(O)CC2)c1. The second-order valence-electron chi connectivity index (χ2n) is 5.63. The molecular weight excluding hydrogens is 266 g/mol. The van der Waals surface area contributed by atoms with E-state index in [1.165, 1.54) is 0 Å². The van der Waals surface area contributed by atoms with Gasteiger partial charge in [0, 0.05) is 31.7 Å². The summed E-state index contributed by atoms with van der Waals surface area (Å²) in [6.07, 6.45) is 2.92. The molecule has 1 aliphatic heterocycles. The van der Waals surface area contributed by atoms with Crippen LogP contribution in [0.1, 0.15) is 31.2 Å². The summed E-state index contributed by atoms with van der Waals surface area (Å²) in [6, 6.07) is 7.63. The molecular formula is C16H25N3O2. The van der Waals surface area contributed by atoms with E-state index < -0.39 is 0 Å². The second kappa shape index (κ2) is 8.12. The predicted molar refractivity (Wildman–Crippen MR) is 83.9 cm³/mol. The van der Waals surface area contributed by atoms with Crippen LogP contribution in [0.25, 0.3) is 0 Å². The predicted octanol–water partition coefficient (Wildman–Crippen LogP) is 1.32. The van der Waals surface area contributed by atoms with E-state index >= 15 is 0 Å². The number of likely N-dealkylation sites (tertiary alicyclic amines) is 1.